The van der Waals surface area contributed by atoms with Gasteiger partial charge in [-0.25, -0.2) is 0 Å². The highest BCUT2D eigenvalue weighted by molar-refractivity contribution is 6.02. The Morgan fingerprint density at radius 3 is 2.59 bits per heavy atom. The largest absolute Gasteiger partial charge is 0.507 e. The number of para-hydroxylation sites is 1. The molecule has 156 valence electrons. The molecule has 1 aliphatic heterocycles. The van der Waals surface area contributed by atoms with E-state index in [1.165, 1.54) is 16.8 Å². The first-order valence-corrected chi connectivity index (χ1v) is 11.1. The molecule has 0 saturated carbocycles. The van der Waals surface area contributed by atoms with Crippen LogP contribution >= 0.6 is 0 Å². The summed E-state index contributed by atoms with van der Waals surface area (Å²) in [7, 11) is 0. The molecule has 0 spiro atoms. The van der Waals surface area contributed by atoms with Crippen molar-refractivity contribution in [1.29, 1.82) is 0 Å². The van der Waals surface area contributed by atoms with Gasteiger partial charge in [0, 0.05) is 23.4 Å². The van der Waals surface area contributed by atoms with Gasteiger partial charge in [-0.1, -0.05) is 72.8 Å². The molecule has 0 aromatic heterocycles. The van der Waals surface area contributed by atoms with E-state index in [1.807, 2.05) is 30.3 Å². The van der Waals surface area contributed by atoms with Gasteiger partial charge in [0.15, 0.2) is 0 Å². The van der Waals surface area contributed by atoms with Gasteiger partial charge in [0.2, 0.25) is 0 Å². The third-order valence-corrected chi connectivity index (χ3v) is 6.81. The standard InChI is InChI=1S/C29H24N2O/c32-28-17-14-19-6-1-2-7-22(19)26(28)18-30-21-15-12-20(13-16-21)29-25-10-5-9-23(25)24-8-3-4-11-27(24)31-29/h1-9,11-18,23,25,29,31-32H,10H2/t23-,25+,29-/m0/s1. The van der Waals surface area contributed by atoms with Crippen LogP contribution in [0.3, 0.4) is 0 Å². The number of aromatic hydroxyl groups is 1. The summed E-state index contributed by atoms with van der Waals surface area (Å²) in [5.41, 5.74) is 5.54. The van der Waals surface area contributed by atoms with E-state index in [0.29, 0.717) is 11.8 Å². The number of hydrogen-bond acceptors (Lipinski definition) is 3. The molecule has 1 aliphatic carbocycles. The molecule has 0 unspecified atom stereocenters. The van der Waals surface area contributed by atoms with E-state index in [1.54, 1.807) is 12.3 Å². The molecule has 2 aliphatic rings. The molecule has 1 heterocycles. The Bertz CT molecular complexity index is 1350. The number of fused-ring (bicyclic) bond motifs is 4. The van der Waals surface area contributed by atoms with Crippen molar-refractivity contribution in [3.63, 3.8) is 0 Å². The van der Waals surface area contributed by atoms with Gasteiger partial charge in [0.1, 0.15) is 5.75 Å². The number of benzene rings is 4. The van der Waals surface area contributed by atoms with Gasteiger partial charge in [0.25, 0.3) is 0 Å². The summed E-state index contributed by atoms with van der Waals surface area (Å²) >= 11 is 0. The van der Waals surface area contributed by atoms with Gasteiger partial charge in [0.05, 0.1) is 11.7 Å². The van der Waals surface area contributed by atoms with Crippen molar-refractivity contribution < 1.29 is 5.11 Å². The van der Waals surface area contributed by atoms with E-state index < -0.39 is 0 Å². The predicted molar refractivity (Wildman–Crippen MR) is 132 cm³/mol. The summed E-state index contributed by atoms with van der Waals surface area (Å²) in [6.07, 6.45) is 7.55. The van der Waals surface area contributed by atoms with Crippen molar-refractivity contribution in [2.24, 2.45) is 10.9 Å². The van der Waals surface area contributed by atoms with Crippen molar-refractivity contribution >= 4 is 28.4 Å². The zero-order chi connectivity index (χ0) is 21.5. The Labute approximate surface area is 187 Å². The quantitative estimate of drug-likeness (QED) is 0.276. The summed E-state index contributed by atoms with van der Waals surface area (Å²) in [6.45, 7) is 0. The van der Waals surface area contributed by atoms with Crippen LogP contribution in [-0.4, -0.2) is 11.3 Å². The van der Waals surface area contributed by atoms with Crippen molar-refractivity contribution in [3.8, 4) is 5.75 Å². The fraction of sp³-hybridized carbons (Fsp3) is 0.138. The van der Waals surface area contributed by atoms with Gasteiger partial charge < -0.3 is 10.4 Å². The maximum atomic E-state index is 10.4. The number of phenolic OH excluding ortho intramolecular Hbond substituents is 1. The van der Waals surface area contributed by atoms with E-state index in [2.05, 4.69) is 71.0 Å². The van der Waals surface area contributed by atoms with Crippen molar-refractivity contribution in [2.75, 3.05) is 5.32 Å². The summed E-state index contributed by atoms with van der Waals surface area (Å²) in [4.78, 5) is 4.66. The Kier molecular flexibility index (Phi) is 4.53. The molecule has 4 aromatic rings. The number of nitrogens with zero attached hydrogens (tertiary/aromatic N) is 1. The minimum atomic E-state index is 0.244. The zero-order valence-corrected chi connectivity index (χ0v) is 17.6. The monoisotopic (exact) mass is 416 g/mol. The average Bonchev–Trinajstić information content (AvgIpc) is 3.34. The second-order valence-electron chi connectivity index (χ2n) is 8.63. The molecule has 0 fully saturated rings. The van der Waals surface area contributed by atoms with Crippen LogP contribution in [0.5, 0.6) is 5.75 Å². The third kappa shape index (κ3) is 3.18. The van der Waals surface area contributed by atoms with Crippen LogP contribution in [0.4, 0.5) is 11.4 Å². The summed E-state index contributed by atoms with van der Waals surface area (Å²) in [5, 5.41) is 16.2. The molecule has 0 radical (unpaired) electrons. The zero-order valence-electron chi connectivity index (χ0n) is 17.6. The molecular weight excluding hydrogens is 392 g/mol. The minimum absolute atomic E-state index is 0.244. The highest BCUT2D eigenvalue weighted by Gasteiger charge is 2.37. The van der Waals surface area contributed by atoms with Crippen LogP contribution in [-0.2, 0) is 0 Å². The number of nitrogens with one attached hydrogen (secondary N) is 1. The van der Waals surface area contributed by atoms with Gasteiger partial charge in [-0.15, -0.1) is 0 Å². The topological polar surface area (TPSA) is 44.6 Å². The first-order valence-electron chi connectivity index (χ1n) is 11.1. The smallest absolute Gasteiger partial charge is 0.124 e. The van der Waals surface area contributed by atoms with Crippen LogP contribution in [0.25, 0.3) is 10.8 Å². The lowest BCUT2D eigenvalue weighted by atomic mass is 9.77. The fourth-order valence-corrected chi connectivity index (χ4v) is 5.20. The van der Waals surface area contributed by atoms with Crippen LogP contribution in [0.1, 0.15) is 35.1 Å². The lowest BCUT2D eigenvalue weighted by molar-refractivity contribution is 0.425. The Morgan fingerprint density at radius 1 is 0.875 bits per heavy atom. The number of rotatable bonds is 3. The SMILES string of the molecule is Oc1ccc2ccccc2c1C=Nc1ccc([C@@H]2Nc3ccccc3[C@@H]3C=CC[C@H]32)cc1. The number of phenols is 1. The fourth-order valence-electron chi connectivity index (χ4n) is 5.20. The van der Waals surface area contributed by atoms with Crippen LogP contribution in [0.15, 0.2) is 102 Å². The van der Waals surface area contributed by atoms with Crippen molar-refractivity contribution in [3.05, 3.63) is 114 Å². The molecule has 32 heavy (non-hydrogen) atoms. The van der Waals surface area contributed by atoms with Crippen LogP contribution in [0.2, 0.25) is 0 Å². The minimum Gasteiger partial charge on any atom is -0.507 e. The maximum absolute atomic E-state index is 10.4. The number of allylic oxidation sites excluding steroid dienone is 2. The summed E-state index contributed by atoms with van der Waals surface area (Å²) in [5.74, 6) is 1.25. The van der Waals surface area contributed by atoms with E-state index in [0.717, 1.165) is 28.4 Å². The highest BCUT2D eigenvalue weighted by Crippen LogP contribution is 2.49. The molecule has 0 saturated heterocycles. The first kappa shape index (κ1) is 18.9. The van der Waals surface area contributed by atoms with E-state index in [9.17, 15) is 5.11 Å². The van der Waals surface area contributed by atoms with Gasteiger partial charge in [-0.05, 0) is 58.5 Å². The Morgan fingerprint density at radius 2 is 1.69 bits per heavy atom. The molecule has 3 nitrogen and oxygen atoms in total. The highest BCUT2D eigenvalue weighted by atomic mass is 16.3. The van der Waals surface area contributed by atoms with Crippen molar-refractivity contribution in [1.82, 2.24) is 0 Å². The second kappa shape index (κ2) is 7.69. The van der Waals surface area contributed by atoms with Crippen molar-refractivity contribution in [2.45, 2.75) is 18.4 Å². The average molecular weight is 417 g/mol. The molecule has 2 N–H and O–H groups in total. The normalized spacial score (nSPS) is 21.4. The molecule has 4 aromatic carbocycles. The molecule has 3 heteroatoms. The van der Waals surface area contributed by atoms with Gasteiger partial charge in [-0.3, -0.25) is 4.99 Å². The van der Waals surface area contributed by atoms with Crippen LogP contribution in [0, 0.1) is 5.92 Å². The Hall–Kier alpha value is -3.85. The molecule has 3 atom stereocenters. The molecule has 6 rings (SSSR count). The Balaban J connectivity index is 1.29. The van der Waals surface area contributed by atoms with Gasteiger partial charge >= 0.3 is 0 Å². The van der Waals surface area contributed by atoms with Crippen LogP contribution < -0.4 is 5.32 Å². The van der Waals surface area contributed by atoms with E-state index in [4.69, 9.17) is 0 Å². The maximum Gasteiger partial charge on any atom is 0.124 e. The number of anilines is 1. The van der Waals surface area contributed by atoms with E-state index >= 15 is 0 Å². The third-order valence-electron chi connectivity index (χ3n) is 6.81. The molecule has 0 bridgehead atoms. The predicted octanol–water partition coefficient (Wildman–Crippen LogP) is 7.12. The summed E-state index contributed by atoms with van der Waals surface area (Å²) < 4.78 is 0. The summed E-state index contributed by atoms with van der Waals surface area (Å²) in [6, 6.07) is 29.1. The molecule has 0 amide bonds. The first-order chi connectivity index (χ1) is 15.8. The lowest BCUT2D eigenvalue weighted by Gasteiger charge is -2.37. The number of aliphatic imine (C=N–C) groups is 1. The molecular formula is C29H24N2O. The lowest BCUT2D eigenvalue weighted by Crippen LogP contribution is -2.28. The number of hydrogen-bond donors (Lipinski definition) is 2. The second-order valence-corrected chi connectivity index (χ2v) is 8.63. The van der Waals surface area contributed by atoms with Gasteiger partial charge in [-0.2, -0.15) is 0 Å². The van der Waals surface area contributed by atoms with E-state index in [-0.39, 0.29) is 11.8 Å².